The highest BCUT2D eigenvalue weighted by Gasteiger charge is 2.10. The van der Waals surface area contributed by atoms with Gasteiger partial charge in [0.1, 0.15) is 5.69 Å². The van der Waals surface area contributed by atoms with E-state index in [1.165, 1.54) is 0 Å². The van der Waals surface area contributed by atoms with Crippen LogP contribution in [0.4, 0.5) is 0 Å². The van der Waals surface area contributed by atoms with Gasteiger partial charge in [0.15, 0.2) is 5.82 Å². The Morgan fingerprint density at radius 1 is 0.963 bits per heavy atom. The van der Waals surface area contributed by atoms with Crippen molar-refractivity contribution in [2.75, 3.05) is 0 Å². The second kappa shape index (κ2) is 7.70. The Labute approximate surface area is 169 Å². The highest BCUT2D eigenvalue weighted by atomic mass is 127. The minimum absolute atomic E-state index is 0.244. The Bertz CT molecular complexity index is 1070. The van der Waals surface area contributed by atoms with Gasteiger partial charge in [-0.2, -0.15) is 10.2 Å². The molecule has 0 bridgehead atoms. The number of carbonyl (C=O) groups is 1. The van der Waals surface area contributed by atoms with Crippen LogP contribution in [0.2, 0.25) is 0 Å². The largest absolute Gasteiger partial charge is 0.347 e. The Kier molecular flexibility index (Phi) is 4.97. The Balaban J connectivity index is 1.43. The highest BCUT2D eigenvalue weighted by molar-refractivity contribution is 14.1. The monoisotopic (exact) mass is 470 g/mol. The van der Waals surface area contributed by atoms with Crippen LogP contribution in [0.1, 0.15) is 16.1 Å². The van der Waals surface area contributed by atoms with Crippen LogP contribution in [-0.4, -0.2) is 30.5 Å². The lowest BCUT2D eigenvalue weighted by molar-refractivity contribution is 0.0946. The molecule has 1 amide bonds. The summed E-state index contributed by atoms with van der Waals surface area (Å²) in [6.45, 7) is 0.372. The lowest BCUT2D eigenvalue weighted by atomic mass is 10.3. The smallest absolute Gasteiger partial charge is 0.270 e. The lowest BCUT2D eigenvalue weighted by Crippen LogP contribution is -2.24. The molecular formula is C19H15IN6O. The molecule has 8 heteroatoms. The first-order valence-corrected chi connectivity index (χ1v) is 9.32. The number of aromatic nitrogens is 5. The molecule has 3 aromatic heterocycles. The van der Waals surface area contributed by atoms with Crippen molar-refractivity contribution in [3.8, 4) is 11.5 Å². The summed E-state index contributed by atoms with van der Waals surface area (Å²) in [6.07, 6.45) is 7.22. The average molecular weight is 470 g/mol. The zero-order valence-electron chi connectivity index (χ0n) is 14.2. The third kappa shape index (κ3) is 4.05. The fraction of sp³-hybridized carbons (Fsp3) is 0.0526. The highest BCUT2D eigenvalue weighted by Crippen LogP contribution is 2.10. The molecule has 0 saturated heterocycles. The molecule has 3 heterocycles. The van der Waals surface area contributed by atoms with E-state index in [0.29, 0.717) is 18.1 Å². The standard InChI is InChI=1S/C19H15IN6O/c20-15-11-23-26(13-15)18-8-4-7-17(24-18)19(27)21-9-14-10-22-25(12-14)16-5-2-1-3-6-16/h1-8,10-13H,9H2,(H,21,27). The van der Waals surface area contributed by atoms with Crippen molar-refractivity contribution >= 4 is 28.5 Å². The number of nitrogens with one attached hydrogen (secondary N) is 1. The molecule has 7 nitrogen and oxygen atoms in total. The van der Waals surface area contributed by atoms with Crippen LogP contribution in [0, 0.1) is 3.57 Å². The topological polar surface area (TPSA) is 77.6 Å². The van der Waals surface area contributed by atoms with E-state index in [2.05, 4.69) is 43.1 Å². The molecule has 0 spiro atoms. The van der Waals surface area contributed by atoms with Crippen molar-refractivity contribution in [1.82, 2.24) is 29.9 Å². The van der Waals surface area contributed by atoms with E-state index in [0.717, 1.165) is 14.8 Å². The maximum absolute atomic E-state index is 12.5. The van der Waals surface area contributed by atoms with Crippen LogP contribution in [0.15, 0.2) is 73.3 Å². The molecule has 4 aromatic rings. The predicted molar refractivity (Wildman–Crippen MR) is 109 cm³/mol. The summed E-state index contributed by atoms with van der Waals surface area (Å²) in [4.78, 5) is 16.8. The summed E-state index contributed by atoms with van der Waals surface area (Å²) >= 11 is 2.18. The third-order valence-electron chi connectivity index (χ3n) is 3.86. The van der Waals surface area contributed by atoms with Gasteiger partial charge in [0, 0.05) is 24.5 Å². The number of hydrogen-bond acceptors (Lipinski definition) is 4. The Hall–Kier alpha value is -3.01. The molecule has 0 unspecified atom stereocenters. The first kappa shape index (κ1) is 17.4. The lowest BCUT2D eigenvalue weighted by Gasteiger charge is -2.05. The first-order valence-electron chi connectivity index (χ1n) is 8.24. The van der Waals surface area contributed by atoms with Gasteiger partial charge in [-0.25, -0.2) is 14.3 Å². The second-order valence-electron chi connectivity index (χ2n) is 5.80. The number of pyridine rings is 1. The van der Waals surface area contributed by atoms with E-state index >= 15 is 0 Å². The van der Waals surface area contributed by atoms with Crippen molar-refractivity contribution in [2.24, 2.45) is 0 Å². The van der Waals surface area contributed by atoms with Crippen LogP contribution >= 0.6 is 22.6 Å². The molecule has 0 fully saturated rings. The fourth-order valence-electron chi connectivity index (χ4n) is 2.55. The SMILES string of the molecule is O=C(NCc1cnn(-c2ccccc2)c1)c1cccc(-n2cc(I)cn2)n1. The number of amides is 1. The Morgan fingerprint density at radius 2 is 1.78 bits per heavy atom. The fourth-order valence-corrected chi connectivity index (χ4v) is 2.94. The van der Waals surface area contributed by atoms with Gasteiger partial charge in [-0.3, -0.25) is 4.79 Å². The zero-order valence-corrected chi connectivity index (χ0v) is 16.3. The molecular weight excluding hydrogens is 455 g/mol. The molecule has 27 heavy (non-hydrogen) atoms. The average Bonchev–Trinajstić information content (AvgIpc) is 3.36. The summed E-state index contributed by atoms with van der Waals surface area (Å²) in [7, 11) is 0. The van der Waals surface area contributed by atoms with Gasteiger partial charge >= 0.3 is 0 Å². The van der Waals surface area contributed by atoms with Crippen molar-refractivity contribution in [3.05, 3.63) is 88.1 Å². The molecule has 4 rings (SSSR count). The Morgan fingerprint density at radius 3 is 2.56 bits per heavy atom. The summed E-state index contributed by atoms with van der Waals surface area (Å²) < 4.78 is 4.42. The number of para-hydroxylation sites is 1. The van der Waals surface area contributed by atoms with E-state index in [1.807, 2.05) is 48.8 Å². The van der Waals surface area contributed by atoms with Gasteiger partial charge in [0.05, 0.1) is 21.7 Å². The van der Waals surface area contributed by atoms with Gasteiger partial charge in [-0.1, -0.05) is 24.3 Å². The van der Waals surface area contributed by atoms with E-state index in [-0.39, 0.29) is 5.91 Å². The van der Waals surface area contributed by atoms with E-state index in [4.69, 9.17) is 0 Å². The number of halogens is 1. The maximum Gasteiger partial charge on any atom is 0.270 e. The molecule has 0 aliphatic carbocycles. The summed E-state index contributed by atoms with van der Waals surface area (Å²) in [6, 6.07) is 15.1. The van der Waals surface area contributed by atoms with Crippen LogP contribution in [-0.2, 0) is 6.54 Å². The van der Waals surface area contributed by atoms with Gasteiger partial charge in [0.25, 0.3) is 5.91 Å². The second-order valence-corrected chi connectivity index (χ2v) is 7.04. The number of benzene rings is 1. The molecule has 0 atom stereocenters. The first-order chi connectivity index (χ1) is 13.2. The van der Waals surface area contributed by atoms with Crippen LogP contribution < -0.4 is 5.32 Å². The molecule has 134 valence electrons. The van der Waals surface area contributed by atoms with Crippen molar-refractivity contribution < 1.29 is 4.79 Å². The minimum atomic E-state index is -0.244. The number of carbonyl (C=O) groups excluding carboxylic acids is 1. The zero-order chi connectivity index (χ0) is 18.6. The van der Waals surface area contributed by atoms with E-state index in [1.54, 1.807) is 33.9 Å². The molecule has 0 saturated carbocycles. The predicted octanol–water partition coefficient (Wildman–Crippen LogP) is 2.99. The van der Waals surface area contributed by atoms with Crippen molar-refractivity contribution in [1.29, 1.82) is 0 Å². The van der Waals surface area contributed by atoms with E-state index < -0.39 is 0 Å². The maximum atomic E-state index is 12.5. The van der Waals surface area contributed by atoms with Gasteiger partial charge < -0.3 is 5.32 Å². The quantitative estimate of drug-likeness (QED) is 0.455. The molecule has 0 aliphatic heterocycles. The molecule has 0 radical (unpaired) electrons. The van der Waals surface area contributed by atoms with Gasteiger partial charge in [0.2, 0.25) is 0 Å². The van der Waals surface area contributed by atoms with E-state index in [9.17, 15) is 4.79 Å². The molecule has 1 N–H and O–H groups in total. The van der Waals surface area contributed by atoms with Crippen LogP contribution in [0.5, 0.6) is 0 Å². The van der Waals surface area contributed by atoms with Crippen molar-refractivity contribution in [2.45, 2.75) is 6.54 Å². The number of rotatable bonds is 5. The number of hydrogen-bond donors (Lipinski definition) is 1. The summed E-state index contributed by atoms with van der Waals surface area (Å²) in [5, 5.41) is 11.4. The summed E-state index contributed by atoms with van der Waals surface area (Å²) in [5.74, 6) is 0.355. The van der Waals surface area contributed by atoms with Crippen LogP contribution in [0.3, 0.4) is 0 Å². The van der Waals surface area contributed by atoms with Gasteiger partial charge in [-0.05, 0) is 46.9 Å². The summed E-state index contributed by atoms with van der Waals surface area (Å²) in [5.41, 5.74) is 2.22. The molecule has 0 aliphatic rings. The number of nitrogens with zero attached hydrogens (tertiary/aromatic N) is 5. The molecule has 1 aromatic carbocycles. The third-order valence-corrected chi connectivity index (χ3v) is 4.42. The van der Waals surface area contributed by atoms with Crippen LogP contribution in [0.25, 0.3) is 11.5 Å². The normalized spacial score (nSPS) is 10.7. The minimum Gasteiger partial charge on any atom is -0.347 e. The van der Waals surface area contributed by atoms with Crippen molar-refractivity contribution in [3.63, 3.8) is 0 Å². The van der Waals surface area contributed by atoms with Gasteiger partial charge in [-0.15, -0.1) is 0 Å².